The SMILES string of the molecule is CC(C)COCCCNCc1cn(C)nc1-c1ccc([N+](=O)[O-])cc1. The van der Waals surface area contributed by atoms with Crippen LogP contribution in [0.15, 0.2) is 30.5 Å². The minimum atomic E-state index is -0.397. The summed E-state index contributed by atoms with van der Waals surface area (Å²) in [5.74, 6) is 0.563. The average Bonchev–Trinajstić information content (AvgIpc) is 2.94. The van der Waals surface area contributed by atoms with Gasteiger partial charge in [0.1, 0.15) is 0 Å². The lowest BCUT2D eigenvalue weighted by molar-refractivity contribution is -0.384. The van der Waals surface area contributed by atoms with Crippen LogP contribution in [0.1, 0.15) is 25.8 Å². The van der Waals surface area contributed by atoms with Gasteiger partial charge in [0.25, 0.3) is 5.69 Å². The Bertz CT molecular complexity index is 680. The molecule has 0 radical (unpaired) electrons. The lowest BCUT2D eigenvalue weighted by Crippen LogP contribution is -2.17. The fourth-order valence-corrected chi connectivity index (χ4v) is 2.49. The highest BCUT2D eigenvalue weighted by Gasteiger charge is 2.12. The lowest BCUT2D eigenvalue weighted by Gasteiger charge is -2.08. The molecule has 0 aliphatic heterocycles. The molecule has 0 atom stereocenters. The molecule has 136 valence electrons. The quantitative estimate of drug-likeness (QED) is 0.406. The number of aromatic nitrogens is 2. The van der Waals surface area contributed by atoms with Crippen molar-refractivity contribution in [3.63, 3.8) is 0 Å². The molecule has 25 heavy (non-hydrogen) atoms. The highest BCUT2D eigenvalue weighted by molar-refractivity contribution is 5.64. The molecule has 0 fully saturated rings. The van der Waals surface area contributed by atoms with Gasteiger partial charge in [-0.15, -0.1) is 0 Å². The highest BCUT2D eigenvalue weighted by atomic mass is 16.6. The van der Waals surface area contributed by atoms with Gasteiger partial charge in [0.15, 0.2) is 0 Å². The first-order chi connectivity index (χ1) is 12.0. The fourth-order valence-electron chi connectivity index (χ4n) is 2.49. The average molecular weight is 346 g/mol. The maximum absolute atomic E-state index is 10.8. The first kappa shape index (κ1) is 19.1. The molecular formula is C18H26N4O3. The van der Waals surface area contributed by atoms with Crippen molar-refractivity contribution in [2.24, 2.45) is 13.0 Å². The molecule has 2 aromatic rings. The molecule has 0 amide bonds. The van der Waals surface area contributed by atoms with Gasteiger partial charge in [0, 0.05) is 56.3 Å². The van der Waals surface area contributed by atoms with Crippen LogP contribution < -0.4 is 5.32 Å². The summed E-state index contributed by atoms with van der Waals surface area (Å²) in [5, 5.41) is 18.7. The molecule has 7 nitrogen and oxygen atoms in total. The number of ether oxygens (including phenoxy) is 1. The minimum Gasteiger partial charge on any atom is -0.381 e. The zero-order chi connectivity index (χ0) is 18.2. The Morgan fingerprint density at radius 3 is 2.68 bits per heavy atom. The number of nitro benzene ring substituents is 1. The minimum absolute atomic E-state index is 0.0840. The van der Waals surface area contributed by atoms with E-state index in [4.69, 9.17) is 4.74 Å². The zero-order valence-corrected chi connectivity index (χ0v) is 15.1. The Labute approximate surface area is 148 Å². The summed E-state index contributed by atoms with van der Waals surface area (Å²) in [6.45, 7) is 7.40. The van der Waals surface area contributed by atoms with Crippen LogP contribution in [-0.4, -0.2) is 34.5 Å². The molecular weight excluding hydrogens is 320 g/mol. The number of hydrogen-bond acceptors (Lipinski definition) is 5. The molecule has 0 unspecified atom stereocenters. The van der Waals surface area contributed by atoms with Crippen molar-refractivity contribution in [3.8, 4) is 11.3 Å². The first-order valence-corrected chi connectivity index (χ1v) is 8.53. The number of non-ortho nitro benzene ring substituents is 1. The van der Waals surface area contributed by atoms with E-state index in [1.54, 1.807) is 16.8 Å². The summed E-state index contributed by atoms with van der Waals surface area (Å²) in [6.07, 6.45) is 2.93. The summed E-state index contributed by atoms with van der Waals surface area (Å²) in [6, 6.07) is 6.49. The number of aryl methyl sites for hydroxylation is 1. The third-order valence-electron chi connectivity index (χ3n) is 3.66. The van der Waals surface area contributed by atoms with E-state index in [9.17, 15) is 10.1 Å². The molecule has 2 rings (SSSR count). The Kier molecular flexibility index (Phi) is 7.09. The van der Waals surface area contributed by atoms with Gasteiger partial charge in [-0.3, -0.25) is 14.8 Å². The maximum Gasteiger partial charge on any atom is 0.269 e. The van der Waals surface area contributed by atoms with Crippen LogP contribution in [0.25, 0.3) is 11.3 Å². The Hall–Kier alpha value is -2.25. The summed E-state index contributed by atoms with van der Waals surface area (Å²) in [7, 11) is 1.87. The zero-order valence-electron chi connectivity index (χ0n) is 15.1. The first-order valence-electron chi connectivity index (χ1n) is 8.53. The molecule has 1 heterocycles. The van der Waals surface area contributed by atoms with Gasteiger partial charge < -0.3 is 10.1 Å². The van der Waals surface area contributed by atoms with E-state index in [2.05, 4.69) is 24.3 Å². The van der Waals surface area contributed by atoms with Gasteiger partial charge in [-0.25, -0.2) is 0 Å². The van der Waals surface area contributed by atoms with Crippen molar-refractivity contribution in [2.75, 3.05) is 19.8 Å². The van der Waals surface area contributed by atoms with E-state index in [-0.39, 0.29) is 5.69 Å². The van der Waals surface area contributed by atoms with Crippen molar-refractivity contribution in [2.45, 2.75) is 26.8 Å². The van der Waals surface area contributed by atoms with Gasteiger partial charge in [0.2, 0.25) is 0 Å². The second-order valence-electron chi connectivity index (χ2n) is 6.48. The largest absolute Gasteiger partial charge is 0.381 e. The van der Waals surface area contributed by atoms with Gasteiger partial charge in [-0.1, -0.05) is 13.8 Å². The Balaban J connectivity index is 1.89. The topological polar surface area (TPSA) is 82.2 Å². The van der Waals surface area contributed by atoms with Crippen LogP contribution in [0.2, 0.25) is 0 Å². The molecule has 0 aliphatic carbocycles. The second-order valence-corrected chi connectivity index (χ2v) is 6.48. The third-order valence-corrected chi connectivity index (χ3v) is 3.66. The summed E-state index contributed by atoms with van der Waals surface area (Å²) in [4.78, 5) is 10.4. The van der Waals surface area contributed by atoms with E-state index in [1.807, 2.05) is 13.2 Å². The predicted molar refractivity (Wildman–Crippen MR) is 97.3 cm³/mol. The van der Waals surface area contributed by atoms with Gasteiger partial charge >= 0.3 is 0 Å². The van der Waals surface area contributed by atoms with Crippen molar-refractivity contribution >= 4 is 5.69 Å². The van der Waals surface area contributed by atoms with E-state index in [1.165, 1.54) is 12.1 Å². The Morgan fingerprint density at radius 1 is 1.32 bits per heavy atom. The number of hydrogen-bond donors (Lipinski definition) is 1. The van der Waals surface area contributed by atoms with E-state index >= 15 is 0 Å². The molecule has 0 aliphatic rings. The van der Waals surface area contributed by atoms with Crippen LogP contribution in [0.5, 0.6) is 0 Å². The van der Waals surface area contributed by atoms with Gasteiger partial charge in [0.05, 0.1) is 10.6 Å². The third kappa shape index (κ3) is 5.95. The molecule has 1 N–H and O–H groups in total. The monoisotopic (exact) mass is 346 g/mol. The van der Waals surface area contributed by atoms with Crippen molar-refractivity contribution in [3.05, 3.63) is 46.1 Å². The lowest BCUT2D eigenvalue weighted by atomic mass is 10.1. The van der Waals surface area contributed by atoms with Gasteiger partial charge in [-0.05, 0) is 31.0 Å². The highest BCUT2D eigenvalue weighted by Crippen LogP contribution is 2.24. The second kappa shape index (κ2) is 9.29. The fraction of sp³-hybridized carbons (Fsp3) is 0.500. The van der Waals surface area contributed by atoms with Crippen LogP contribution >= 0.6 is 0 Å². The van der Waals surface area contributed by atoms with Crippen LogP contribution in [0.3, 0.4) is 0 Å². The number of nitrogens with one attached hydrogen (secondary N) is 1. The Morgan fingerprint density at radius 2 is 2.04 bits per heavy atom. The standard InChI is InChI=1S/C18H26N4O3/c1-14(2)13-25-10-4-9-19-11-16-12-21(3)20-18(16)15-5-7-17(8-6-15)22(23)24/h5-8,12,14,19H,4,9-11,13H2,1-3H3. The molecule has 0 saturated heterocycles. The molecule has 1 aromatic carbocycles. The van der Waals surface area contributed by atoms with Crippen molar-refractivity contribution in [1.29, 1.82) is 0 Å². The normalized spacial score (nSPS) is 11.2. The summed E-state index contributed by atoms with van der Waals surface area (Å²) < 4.78 is 7.33. The molecule has 0 spiro atoms. The summed E-state index contributed by atoms with van der Waals surface area (Å²) in [5.41, 5.74) is 2.88. The molecule has 0 bridgehead atoms. The van der Waals surface area contributed by atoms with Crippen LogP contribution in [0.4, 0.5) is 5.69 Å². The number of nitro groups is 1. The number of nitrogens with zero attached hydrogens (tertiary/aromatic N) is 3. The van der Waals surface area contributed by atoms with E-state index < -0.39 is 4.92 Å². The molecule has 0 saturated carbocycles. The van der Waals surface area contributed by atoms with E-state index in [0.717, 1.165) is 43.0 Å². The van der Waals surface area contributed by atoms with Crippen LogP contribution in [-0.2, 0) is 18.3 Å². The molecule has 7 heteroatoms. The smallest absolute Gasteiger partial charge is 0.269 e. The van der Waals surface area contributed by atoms with Crippen molar-refractivity contribution in [1.82, 2.24) is 15.1 Å². The number of benzene rings is 1. The number of rotatable bonds is 10. The van der Waals surface area contributed by atoms with Crippen LogP contribution in [0, 0.1) is 16.0 Å². The van der Waals surface area contributed by atoms with Gasteiger partial charge in [-0.2, -0.15) is 5.10 Å². The predicted octanol–water partition coefficient (Wildman–Crippen LogP) is 3.15. The maximum atomic E-state index is 10.8. The molecule has 1 aromatic heterocycles. The van der Waals surface area contributed by atoms with Crippen molar-refractivity contribution < 1.29 is 9.66 Å². The van der Waals surface area contributed by atoms with E-state index in [0.29, 0.717) is 12.5 Å². The summed E-state index contributed by atoms with van der Waals surface area (Å²) >= 11 is 0.